The van der Waals surface area contributed by atoms with Gasteiger partial charge in [0.05, 0.1) is 39.5 Å². The molecule has 0 spiro atoms. The molecule has 0 saturated heterocycles. The molecule has 0 bridgehead atoms. The molecule has 0 N–H and O–H groups in total. The first-order valence-electron chi connectivity index (χ1n) is 9.54. The molecular formula is C22H26ClNO5. The molecule has 6 nitrogen and oxygen atoms in total. The molecule has 1 aliphatic carbocycles. The second-order valence-electron chi connectivity index (χ2n) is 6.76. The quantitative estimate of drug-likeness (QED) is 0.596. The molecule has 0 radical (unpaired) electrons. The summed E-state index contributed by atoms with van der Waals surface area (Å²) in [4.78, 5) is 15.2. The molecule has 1 fully saturated rings. The third-order valence-corrected chi connectivity index (χ3v) is 5.12. The summed E-state index contributed by atoms with van der Waals surface area (Å²) < 4.78 is 21.8. The largest absolute Gasteiger partial charge is 0.497 e. The van der Waals surface area contributed by atoms with Crippen LogP contribution in [-0.2, 0) is 6.54 Å². The van der Waals surface area contributed by atoms with E-state index in [9.17, 15) is 4.79 Å². The second kappa shape index (κ2) is 9.27. The molecule has 3 rings (SSSR count). The van der Waals surface area contributed by atoms with Gasteiger partial charge in [0.2, 0.25) is 0 Å². The highest BCUT2D eigenvalue weighted by atomic mass is 35.5. The second-order valence-corrected chi connectivity index (χ2v) is 7.17. The van der Waals surface area contributed by atoms with Crippen molar-refractivity contribution in [2.24, 2.45) is 0 Å². The van der Waals surface area contributed by atoms with Gasteiger partial charge in [-0.15, -0.1) is 0 Å². The van der Waals surface area contributed by atoms with E-state index in [1.807, 2.05) is 30.0 Å². The molecule has 2 aromatic rings. The predicted octanol–water partition coefficient (Wildman–Crippen LogP) is 4.57. The summed E-state index contributed by atoms with van der Waals surface area (Å²) in [6, 6.07) is 9.08. The maximum absolute atomic E-state index is 13.4. The monoisotopic (exact) mass is 419 g/mol. The molecule has 0 aliphatic heterocycles. The summed E-state index contributed by atoms with van der Waals surface area (Å²) in [6.07, 6.45) is 1.94. The van der Waals surface area contributed by atoms with Gasteiger partial charge < -0.3 is 23.8 Å². The van der Waals surface area contributed by atoms with Crippen LogP contribution in [0.15, 0.2) is 30.3 Å². The standard InChI is InChI=1S/C22H26ClNO5/c1-5-29-21-18(23)11-14(12-20(21)28-4)22(25)24(16-6-7-16)13-15-10-17(26-2)8-9-19(15)27-3/h8-12,16H,5-7,13H2,1-4H3. The molecule has 7 heteroatoms. The number of amides is 1. The van der Waals surface area contributed by atoms with Gasteiger partial charge in [-0.1, -0.05) is 11.6 Å². The molecule has 0 atom stereocenters. The van der Waals surface area contributed by atoms with Gasteiger partial charge in [-0.05, 0) is 50.1 Å². The van der Waals surface area contributed by atoms with Gasteiger partial charge in [-0.2, -0.15) is 0 Å². The van der Waals surface area contributed by atoms with Gasteiger partial charge in [-0.25, -0.2) is 0 Å². The van der Waals surface area contributed by atoms with Crippen LogP contribution in [-0.4, -0.2) is 44.8 Å². The van der Waals surface area contributed by atoms with Crippen LogP contribution in [0.1, 0.15) is 35.7 Å². The van der Waals surface area contributed by atoms with E-state index in [1.165, 1.54) is 7.11 Å². The number of ether oxygens (including phenoxy) is 4. The fourth-order valence-corrected chi connectivity index (χ4v) is 3.50. The number of methoxy groups -OCH3 is 3. The van der Waals surface area contributed by atoms with E-state index in [1.54, 1.807) is 26.4 Å². The van der Waals surface area contributed by atoms with E-state index in [4.69, 9.17) is 30.5 Å². The first-order valence-corrected chi connectivity index (χ1v) is 9.92. The number of hydrogen-bond acceptors (Lipinski definition) is 5. The fraction of sp³-hybridized carbons (Fsp3) is 0.409. The lowest BCUT2D eigenvalue weighted by Crippen LogP contribution is -2.32. The van der Waals surface area contributed by atoms with Crippen LogP contribution in [0.25, 0.3) is 0 Å². The average molecular weight is 420 g/mol. The summed E-state index contributed by atoms with van der Waals surface area (Å²) in [5.74, 6) is 2.21. The molecule has 1 amide bonds. The Labute approximate surface area is 176 Å². The van der Waals surface area contributed by atoms with Crippen molar-refractivity contribution in [3.8, 4) is 23.0 Å². The maximum Gasteiger partial charge on any atom is 0.254 e. The number of hydrogen-bond donors (Lipinski definition) is 0. The van der Waals surface area contributed by atoms with Crippen molar-refractivity contribution in [3.63, 3.8) is 0 Å². The van der Waals surface area contributed by atoms with E-state index in [0.717, 1.165) is 24.2 Å². The predicted molar refractivity (Wildman–Crippen MR) is 112 cm³/mol. The highest BCUT2D eigenvalue weighted by Crippen LogP contribution is 2.38. The van der Waals surface area contributed by atoms with Crippen LogP contribution in [0.2, 0.25) is 5.02 Å². The Kier molecular flexibility index (Phi) is 6.75. The number of carbonyl (C=O) groups is 1. The SMILES string of the molecule is CCOc1c(Cl)cc(C(=O)N(Cc2cc(OC)ccc2OC)C2CC2)cc1OC. The summed E-state index contributed by atoms with van der Waals surface area (Å²) in [7, 11) is 4.76. The summed E-state index contributed by atoms with van der Waals surface area (Å²) >= 11 is 6.37. The van der Waals surface area contributed by atoms with E-state index < -0.39 is 0 Å². The van der Waals surface area contributed by atoms with Crippen LogP contribution in [0.3, 0.4) is 0 Å². The van der Waals surface area contributed by atoms with Crippen LogP contribution in [0, 0.1) is 0 Å². The number of nitrogens with zero attached hydrogens (tertiary/aromatic N) is 1. The number of carbonyl (C=O) groups excluding carboxylic acids is 1. The molecule has 1 aliphatic rings. The Bertz CT molecular complexity index is 882. The number of halogens is 1. The number of rotatable bonds is 9. The molecule has 0 aromatic heterocycles. The van der Waals surface area contributed by atoms with E-state index in [2.05, 4.69) is 0 Å². The zero-order valence-corrected chi connectivity index (χ0v) is 17.9. The highest BCUT2D eigenvalue weighted by Gasteiger charge is 2.34. The van der Waals surface area contributed by atoms with Crippen molar-refractivity contribution in [1.82, 2.24) is 4.90 Å². The molecule has 0 unspecified atom stereocenters. The van der Waals surface area contributed by atoms with Crippen molar-refractivity contribution in [1.29, 1.82) is 0 Å². The van der Waals surface area contributed by atoms with Crippen molar-refractivity contribution in [2.75, 3.05) is 27.9 Å². The molecular weight excluding hydrogens is 394 g/mol. The van der Waals surface area contributed by atoms with Gasteiger partial charge in [0, 0.05) is 17.2 Å². The van der Waals surface area contributed by atoms with Crippen LogP contribution >= 0.6 is 11.6 Å². The third-order valence-electron chi connectivity index (χ3n) is 4.84. The summed E-state index contributed by atoms with van der Waals surface area (Å²) in [5, 5.41) is 0.351. The molecule has 0 heterocycles. The Balaban J connectivity index is 1.93. The first kappa shape index (κ1) is 21.1. The van der Waals surface area contributed by atoms with E-state index in [0.29, 0.717) is 41.0 Å². The summed E-state index contributed by atoms with van der Waals surface area (Å²) in [5.41, 5.74) is 1.35. The lowest BCUT2D eigenvalue weighted by molar-refractivity contribution is 0.0728. The molecule has 29 heavy (non-hydrogen) atoms. The highest BCUT2D eigenvalue weighted by molar-refractivity contribution is 6.32. The first-order chi connectivity index (χ1) is 14.0. The van der Waals surface area contributed by atoms with Crippen molar-refractivity contribution in [3.05, 3.63) is 46.5 Å². The fourth-order valence-electron chi connectivity index (χ4n) is 3.24. The zero-order valence-electron chi connectivity index (χ0n) is 17.2. The topological polar surface area (TPSA) is 57.2 Å². The van der Waals surface area contributed by atoms with E-state index in [-0.39, 0.29) is 11.9 Å². The van der Waals surface area contributed by atoms with Gasteiger partial charge in [-0.3, -0.25) is 4.79 Å². The molecule has 156 valence electrons. The lowest BCUT2D eigenvalue weighted by atomic mass is 10.1. The number of benzene rings is 2. The van der Waals surface area contributed by atoms with Crippen molar-refractivity contribution < 1.29 is 23.7 Å². The van der Waals surface area contributed by atoms with Crippen molar-refractivity contribution >= 4 is 17.5 Å². The lowest BCUT2D eigenvalue weighted by Gasteiger charge is -2.24. The van der Waals surface area contributed by atoms with Gasteiger partial charge in [0.1, 0.15) is 11.5 Å². The maximum atomic E-state index is 13.4. The minimum Gasteiger partial charge on any atom is -0.497 e. The van der Waals surface area contributed by atoms with Gasteiger partial charge >= 0.3 is 0 Å². The minimum absolute atomic E-state index is 0.111. The summed E-state index contributed by atoms with van der Waals surface area (Å²) in [6.45, 7) is 2.73. The zero-order chi connectivity index (χ0) is 21.0. The molecule has 1 saturated carbocycles. The normalized spacial score (nSPS) is 13.0. The molecule has 2 aromatic carbocycles. The van der Waals surface area contributed by atoms with Crippen LogP contribution < -0.4 is 18.9 Å². The Morgan fingerprint density at radius 2 is 1.79 bits per heavy atom. The Morgan fingerprint density at radius 3 is 2.38 bits per heavy atom. The Morgan fingerprint density at radius 1 is 1.07 bits per heavy atom. The van der Waals surface area contributed by atoms with Gasteiger partial charge in [0.15, 0.2) is 11.5 Å². The smallest absolute Gasteiger partial charge is 0.254 e. The third kappa shape index (κ3) is 4.70. The Hall–Kier alpha value is -2.60. The van der Waals surface area contributed by atoms with E-state index >= 15 is 0 Å². The average Bonchev–Trinajstić information content (AvgIpc) is 3.57. The van der Waals surface area contributed by atoms with Gasteiger partial charge in [0.25, 0.3) is 5.91 Å². The van der Waals surface area contributed by atoms with Crippen LogP contribution in [0.5, 0.6) is 23.0 Å². The minimum atomic E-state index is -0.111. The van der Waals surface area contributed by atoms with Crippen LogP contribution in [0.4, 0.5) is 0 Å². The van der Waals surface area contributed by atoms with Crippen molar-refractivity contribution in [2.45, 2.75) is 32.4 Å².